The predicted octanol–water partition coefficient (Wildman–Crippen LogP) is 3.18. The van der Waals surface area contributed by atoms with E-state index < -0.39 is 0 Å². The van der Waals surface area contributed by atoms with Crippen molar-refractivity contribution in [2.45, 2.75) is 12.5 Å². The van der Waals surface area contributed by atoms with E-state index in [2.05, 4.69) is 12.1 Å². The lowest BCUT2D eigenvalue weighted by atomic mass is 9.67. The first-order valence-corrected chi connectivity index (χ1v) is 7.34. The Morgan fingerprint density at radius 1 is 1.00 bits per heavy atom. The van der Waals surface area contributed by atoms with Crippen molar-refractivity contribution in [2.75, 3.05) is 18.1 Å². The molecule has 0 aliphatic carbocycles. The van der Waals surface area contributed by atoms with E-state index in [1.807, 2.05) is 53.4 Å². The Kier molecular flexibility index (Phi) is 2.82. The molecule has 2 fully saturated rings. The van der Waals surface area contributed by atoms with E-state index in [1.54, 1.807) is 0 Å². The van der Waals surface area contributed by atoms with Gasteiger partial charge in [-0.2, -0.15) is 0 Å². The van der Waals surface area contributed by atoms with Gasteiger partial charge >= 0.3 is 0 Å². The molecule has 0 radical (unpaired) electrons. The highest BCUT2D eigenvalue weighted by atomic mass is 16.5. The van der Waals surface area contributed by atoms with Crippen LogP contribution in [0.15, 0.2) is 60.7 Å². The lowest BCUT2D eigenvalue weighted by Gasteiger charge is -2.54. The van der Waals surface area contributed by atoms with Crippen molar-refractivity contribution in [1.29, 1.82) is 0 Å². The number of para-hydroxylation sites is 1. The zero-order chi connectivity index (χ0) is 14.3. The number of hydrogen-bond acceptors (Lipinski definition) is 2. The fourth-order valence-electron chi connectivity index (χ4n) is 3.58. The zero-order valence-electron chi connectivity index (χ0n) is 11.7. The Balaban J connectivity index is 1.79. The molecule has 2 aromatic carbocycles. The third kappa shape index (κ3) is 1.74. The van der Waals surface area contributed by atoms with Crippen molar-refractivity contribution in [3.8, 4) is 0 Å². The number of benzene rings is 2. The van der Waals surface area contributed by atoms with Gasteiger partial charge in [0.05, 0.1) is 12.6 Å². The van der Waals surface area contributed by atoms with Crippen LogP contribution in [0.5, 0.6) is 0 Å². The third-order valence-corrected chi connectivity index (χ3v) is 4.63. The van der Waals surface area contributed by atoms with Gasteiger partial charge in [-0.15, -0.1) is 0 Å². The first-order chi connectivity index (χ1) is 10.3. The van der Waals surface area contributed by atoms with Gasteiger partial charge in [-0.05, 0) is 24.1 Å². The maximum Gasteiger partial charge on any atom is 0.238 e. The highest BCUT2D eigenvalue weighted by Gasteiger charge is 2.63. The van der Waals surface area contributed by atoms with Crippen LogP contribution in [0.25, 0.3) is 0 Å². The van der Waals surface area contributed by atoms with Gasteiger partial charge in [-0.25, -0.2) is 0 Å². The molecule has 21 heavy (non-hydrogen) atoms. The normalized spacial score (nSPS) is 27.9. The second-order valence-corrected chi connectivity index (χ2v) is 5.78. The Bertz CT molecular complexity index is 647. The van der Waals surface area contributed by atoms with Gasteiger partial charge in [-0.3, -0.25) is 4.79 Å². The summed E-state index contributed by atoms with van der Waals surface area (Å²) < 4.78 is 5.56. The van der Waals surface area contributed by atoms with E-state index in [-0.39, 0.29) is 17.4 Å². The van der Waals surface area contributed by atoms with Crippen LogP contribution in [0.3, 0.4) is 0 Å². The molecule has 1 spiro atoms. The summed E-state index contributed by atoms with van der Waals surface area (Å²) in [6.45, 7) is 1.21. The SMILES string of the molecule is O=C1N(c2ccccc2)[C@H](c2ccccc2)[C@@]12CCOC2. The van der Waals surface area contributed by atoms with Gasteiger partial charge in [0.15, 0.2) is 0 Å². The van der Waals surface area contributed by atoms with E-state index in [0.717, 1.165) is 12.1 Å². The molecule has 2 aromatic rings. The Hall–Kier alpha value is -2.13. The number of carbonyl (C=O) groups is 1. The quantitative estimate of drug-likeness (QED) is 0.790. The largest absolute Gasteiger partial charge is 0.380 e. The van der Waals surface area contributed by atoms with Gasteiger partial charge < -0.3 is 9.64 Å². The number of anilines is 1. The highest BCUT2D eigenvalue weighted by molar-refractivity contribution is 6.06. The molecule has 3 heteroatoms. The highest BCUT2D eigenvalue weighted by Crippen LogP contribution is 2.56. The first kappa shape index (κ1) is 12.6. The van der Waals surface area contributed by atoms with Crippen LogP contribution < -0.4 is 4.90 Å². The lowest BCUT2D eigenvalue weighted by Crippen LogP contribution is -2.64. The lowest BCUT2D eigenvalue weighted by molar-refractivity contribution is -0.140. The number of ether oxygens (including phenoxy) is 1. The summed E-state index contributed by atoms with van der Waals surface area (Å²) >= 11 is 0. The van der Waals surface area contributed by atoms with Crippen molar-refractivity contribution in [2.24, 2.45) is 5.41 Å². The molecule has 1 amide bonds. The number of β-lactam (4-membered cyclic amide) rings is 1. The molecule has 4 rings (SSSR count). The minimum absolute atomic E-state index is 0.0797. The van der Waals surface area contributed by atoms with E-state index in [0.29, 0.717) is 13.2 Å². The molecule has 0 aromatic heterocycles. The Morgan fingerprint density at radius 2 is 1.67 bits per heavy atom. The van der Waals surface area contributed by atoms with E-state index in [9.17, 15) is 4.79 Å². The standard InChI is InChI=1S/C18H17NO2/c20-17-18(11-12-21-13-18)16(14-7-3-1-4-8-14)19(17)15-9-5-2-6-10-15/h1-10,16H,11-13H2/t16-,18+/m1/s1. The molecule has 2 heterocycles. The van der Waals surface area contributed by atoms with Crippen molar-refractivity contribution in [3.63, 3.8) is 0 Å². The Labute approximate surface area is 124 Å². The van der Waals surface area contributed by atoms with Crippen molar-refractivity contribution in [3.05, 3.63) is 66.2 Å². The third-order valence-electron chi connectivity index (χ3n) is 4.63. The average molecular weight is 279 g/mol. The van der Waals surface area contributed by atoms with Gasteiger partial charge in [0, 0.05) is 12.3 Å². The van der Waals surface area contributed by atoms with Crippen molar-refractivity contribution < 1.29 is 9.53 Å². The average Bonchev–Trinajstić information content (AvgIpc) is 3.06. The van der Waals surface area contributed by atoms with E-state index in [1.165, 1.54) is 5.56 Å². The summed E-state index contributed by atoms with van der Waals surface area (Å²) in [6.07, 6.45) is 0.814. The van der Waals surface area contributed by atoms with Gasteiger partial charge in [0.2, 0.25) is 5.91 Å². The van der Waals surface area contributed by atoms with Crippen molar-refractivity contribution >= 4 is 11.6 Å². The molecule has 2 aliphatic heterocycles. The van der Waals surface area contributed by atoms with Crippen LogP contribution in [0.1, 0.15) is 18.0 Å². The summed E-state index contributed by atoms with van der Waals surface area (Å²) in [6, 6.07) is 20.3. The molecule has 0 bridgehead atoms. The number of amides is 1. The molecule has 106 valence electrons. The van der Waals surface area contributed by atoms with E-state index >= 15 is 0 Å². The molecule has 2 atom stereocenters. The monoisotopic (exact) mass is 279 g/mol. The maximum absolute atomic E-state index is 12.8. The minimum atomic E-state index is -0.364. The number of hydrogen-bond donors (Lipinski definition) is 0. The summed E-state index contributed by atoms with van der Waals surface area (Å²) in [5.74, 6) is 0.194. The predicted molar refractivity (Wildman–Crippen MR) is 81.0 cm³/mol. The van der Waals surface area contributed by atoms with Crippen LogP contribution in [-0.4, -0.2) is 19.1 Å². The summed E-state index contributed by atoms with van der Waals surface area (Å²) in [5.41, 5.74) is 1.79. The van der Waals surface area contributed by atoms with Crippen LogP contribution in [0, 0.1) is 5.41 Å². The molecule has 3 nitrogen and oxygen atoms in total. The molecule has 0 saturated carbocycles. The molecule has 0 N–H and O–H groups in total. The summed E-state index contributed by atoms with van der Waals surface area (Å²) in [5, 5.41) is 0. The topological polar surface area (TPSA) is 29.5 Å². The van der Waals surface area contributed by atoms with Gasteiger partial charge in [-0.1, -0.05) is 48.5 Å². The molecule has 0 unspecified atom stereocenters. The number of nitrogens with zero attached hydrogens (tertiary/aromatic N) is 1. The second kappa shape index (κ2) is 4.71. The van der Waals surface area contributed by atoms with Crippen LogP contribution in [0.4, 0.5) is 5.69 Å². The smallest absolute Gasteiger partial charge is 0.238 e. The summed E-state index contributed by atoms with van der Waals surface area (Å²) in [7, 11) is 0. The Morgan fingerprint density at radius 3 is 2.29 bits per heavy atom. The zero-order valence-corrected chi connectivity index (χ0v) is 11.7. The minimum Gasteiger partial charge on any atom is -0.380 e. The van der Waals surface area contributed by atoms with Crippen molar-refractivity contribution in [1.82, 2.24) is 0 Å². The molecular formula is C18H17NO2. The second-order valence-electron chi connectivity index (χ2n) is 5.78. The van der Waals surface area contributed by atoms with Crippen LogP contribution >= 0.6 is 0 Å². The fraction of sp³-hybridized carbons (Fsp3) is 0.278. The van der Waals surface area contributed by atoms with Gasteiger partial charge in [0.1, 0.15) is 5.41 Å². The first-order valence-electron chi connectivity index (χ1n) is 7.34. The molecule has 2 aliphatic rings. The van der Waals surface area contributed by atoms with Crippen LogP contribution in [0.2, 0.25) is 0 Å². The maximum atomic E-state index is 12.8. The number of carbonyl (C=O) groups excluding carboxylic acids is 1. The molecular weight excluding hydrogens is 262 g/mol. The molecule has 2 saturated heterocycles. The summed E-state index contributed by atoms with van der Waals surface area (Å²) in [4.78, 5) is 14.7. The van der Waals surface area contributed by atoms with Crippen LogP contribution in [-0.2, 0) is 9.53 Å². The fourth-order valence-corrected chi connectivity index (χ4v) is 3.58. The van der Waals surface area contributed by atoms with E-state index in [4.69, 9.17) is 4.74 Å². The van der Waals surface area contributed by atoms with Gasteiger partial charge in [0.25, 0.3) is 0 Å². The number of rotatable bonds is 2.